The highest BCUT2D eigenvalue weighted by atomic mass is 79.9. The number of anilines is 3. The van der Waals surface area contributed by atoms with E-state index in [4.69, 9.17) is 0 Å². The maximum atomic E-state index is 4.24. The molecule has 0 saturated carbocycles. The zero-order chi connectivity index (χ0) is 13.0. The van der Waals surface area contributed by atoms with E-state index >= 15 is 0 Å². The summed E-state index contributed by atoms with van der Waals surface area (Å²) in [6, 6.07) is 9.94. The number of hydrogen-bond acceptors (Lipinski definition) is 3. The zero-order valence-electron chi connectivity index (χ0n) is 9.87. The lowest BCUT2D eigenvalue weighted by atomic mass is 10.3. The molecule has 1 aromatic carbocycles. The van der Waals surface area contributed by atoms with Gasteiger partial charge in [0, 0.05) is 33.4 Å². The lowest BCUT2D eigenvalue weighted by Crippen LogP contribution is -2.00. The van der Waals surface area contributed by atoms with Crippen LogP contribution in [0.3, 0.4) is 0 Å². The van der Waals surface area contributed by atoms with E-state index in [1.54, 1.807) is 6.20 Å². The van der Waals surface area contributed by atoms with Gasteiger partial charge in [0.05, 0.1) is 5.69 Å². The Kier molecular flexibility index (Phi) is 4.60. The largest absolute Gasteiger partial charge is 0.370 e. The lowest BCUT2D eigenvalue weighted by molar-refractivity contribution is 1.16. The topological polar surface area (TPSA) is 37.0 Å². The Balaban J connectivity index is 2.22. The second kappa shape index (κ2) is 6.20. The van der Waals surface area contributed by atoms with E-state index in [1.165, 1.54) is 0 Å². The van der Waals surface area contributed by atoms with Crippen LogP contribution in [-0.2, 0) is 0 Å². The molecular weight excluding hydrogens is 358 g/mol. The van der Waals surface area contributed by atoms with Gasteiger partial charge in [0.1, 0.15) is 5.82 Å². The normalized spacial score (nSPS) is 10.2. The Morgan fingerprint density at radius 1 is 1.17 bits per heavy atom. The molecule has 5 heteroatoms. The van der Waals surface area contributed by atoms with Crippen molar-refractivity contribution in [2.45, 2.75) is 6.92 Å². The molecule has 0 amide bonds. The van der Waals surface area contributed by atoms with Crippen molar-refractivity contribution in [2.75, 3.05) is 17.2 Å². The van der Waals surface area contributed by atoms with E-state index in [0.29, 0.717) is 0 Å². The third-order valence-electron chi connectivity index (χ3n) is 2.33. The molecule has 0 spiro atoms. The van der Waals surface area contributed by atoms with E-state index < -0.39 is 0 Å². The standard InChI is InChI=1S/C13H13Br2N3/c1-2-16-13-8-10(5-6-17-13)18-12-7-9(14)3-4-11(12)15/h3-8H,2H2,1H3,(H2,16,17,18). The van der Waals surface area contributed by atoms with Crippen molar-refractivity contribution in [1.29, 1.82) is 0 Å². The van der Waals surface area contributed by atoms with Crippen molar-refractivity contribution in [1.82, 2.24) is 4.98 Å². The first kappa shape index (κ1) is 13.4. The molecule has 0 aliphatic rings. The minimum Gasteiger partial charge on any atom is -0.370 e. The second-order valence-electron chi connectivity index (χ2n) is 3.71. The maximum absolute atomic E-state index is 4.24. The average molecular weight is 371 g/mol. The summed E-state index contributed by atoms with van der Waals surface area (Å²) in [5.41, 5.74) is 2.01. The molecule has 94 valence electrons. The first-order chi connectivity index (χ1) is 8.69. The molecule has 0 aliphatic carbocycles. The molecule has 2 N–H and O–H groups in total. The number of hydrogen-bond donors (Lipinski definition) is 2. The summed E-state index contributed by atoms with van der Waals surface area (Å²) in [6.45, 7) is 2.91. The van der Waals surface area contributed by atoms with E-state index in [-0.39, 0.29) is 0 Å². The van der Waals surface area contributed by atoms with Crippen molar-refractivity contribution < 1.29 is 0 Å². The molecule has 18 heavy (non-hydrogen) atoms. The van der Waals surface area contributed by atoms with Crippen molar-refractivity contribution >= 4 is 49.1 Å². The predicted molar refractivity (Wildman–Crippen MR) is 83.5 cm³/mol. The van der Waals surface area contributed by atoms with Gasteiger partial charge in [-0.1, -0.05) is 15.9 Å². The van der Waals surface area contributed by atoms with Crippen LogP contribution in [0.1, 0.15) is 6.92 Å². The van der Waals surface area contributed by atoms with Crippen LogP contribution in [0, 0.1) is 0 Å². The average Bonchev–Trinajstić information content (AvgIpc) is 2.35. The van der Waals surface area contributed by atoms with Gasteiger partial charge < -0.3 is 10.6 Å². The fourth-order valence-electron chi connectivity index (χ4n) is 1.53. The minimum absolute atomic E-state index is 0.858. The van der Waals surface area contributed by atoms with Crippen LogP contribution in [0.2, 0.25) is 0 Å². The summed E-state index contributed by atoms with van der Waals surface area (Å²) in [4.78, 5) is 4.24. The minimum atomic E-state index is 0.858. The third kappa shape index (κ3) is 3.46. The van der Waals surface area contributed by atoms with Crippen molar-refractivity contribution in [3.8, 4) is 0 Å². The Bertz CT molecular complexity index is 544. The summed E-state index contributed by atoms with van der Waals surface area (Å²) >= 11 is 6.99. The van der Waals surface area contributed by atoms with Crippen molar-refractivity contribution in [2.24, 2.45) is 0 Å². The summed E-state index contributed by atoms with van der Waals surface area (Å²) in [5, 5.41) is 6.54. The van der Waals surface area contributed by atoms with Crippen LogP contribution in [0.5, 0.6) is 0 Å². The molecule has 2 aromatic rings. The summed E-state index contributed by atoms with van der Waals surface area (Å²) in [6.07, 6.45) is 1.78. The number of nitrogens with zero attached hydrogens (tertiary/aromatic N) is 1. The van der Waals surface area contributed by atoms with Crippen LogP contribution < -0.4 is 10.6 Å². The Morgan fingerprint density at radius 2 is 2.00 bits per heavy atom. The van der Waals surface area contributed by atoms with Gasteiger partial charge in [0.25, 0.3) is 0 Å². The molecule has 0 aliphatic heterocycles. The highest BCUT2D eigenvalue weighted by Gasteiger charge is 2.02. The molecule has 0 radical (unpaired) electrons. The lowest BCUT2D eigenvalue weighted by Gasteiger charge is -2.10. The highest BCUT2D eigenvalue weighted by Crippen LogP contribution is 2.29. The van der Waals surface area contributed by atoms with Gasteiger partial charge in [-0.25, -0.2) is 4.98 Å². The molecule has 0 unspecified atom stereocenters. The van der Waals surface area contributed by atoms with Gasteiger partial charge in [0.2, 0.25) is 0 Å². The van der Waals surface area contributed by atoms with Crippen LogP contribution >= 0.6 is 31.9 Å². The Labute approximate surface area is 123 Å². The zero-order valence-corrected chi connectivity index (χ0v) is 13.0. The third-order valence-corrected chi connectivity index (χ3v) is 3.51. The smallest absolute Gasteiger partial charge is 0.127 e. The number of aromatic nitrogens is 1. The van der Waals surface area contributed by atoms with Crippen molar-refractivity contribution in [3.63, 3.8) is 0 Å². The van der Waals surface area contributed by atoms with Gasteiger partial charge in [-0.05, 0) is 47.1 Å². The fourth-order valence-corrected chi connectivity index (χ4v) is 2.24. The fraction of sp³-hybridized carbons (Fsp3) is 0.154. The molecule has 3 nitrogen and oxygen atoms in total. The highest BCUT2D eigenvalue weighted by molar-refractivity contribution is 9.11. The Morgan fingerprint density at radius 3 is 2.78 bits per heavy atom. The van der Waals surface area contributed by atoms with Crippen LogP contribution in [0.4, 0.5) is 17.2 Å². The van der Waals surface area contributed by atoms with E-state index in [1.807, 2.05) is 37.3 Å². The number of benzene rings is 1. The SMILES string of the molecule is CCNc1cc(Nc2cc(Br)ccc2Br)ccn1. The number of nitrogens with one attached hydrogen (secondary N) is 2. The predicted octanol–water partition coefficient (Wildman–Crippen LogP) is 4.78. The van der Waals surface area contributed by atoms with Gasteiger partial charge in [-0.2, -0.15) is 0 Å². The molecule has 0 saturated heterocycles. The van der Waals surface area contributed by atoms with E-state index in [2.05, 4.69) is 47.5 Å². The molecule has 0 fully saturated rings. The summed E-state index contributed by atoms with van der Waals surface area (Å²) in [5.74, 6) is 0.869. The first-order valence-corrected chi connectivity index (χ1v) is 7.19. The van der Waals surface area contributed by atoms with Crippen molar-refractivity contribution in [3.05, 3.63) is 45.5 Å². The summed E-state index contributed by atoms with van der Waals surface area (Å²) < 4.78 is 2.06. The van der Waals surface area contributed by atoms with Gasteiger partial charge in [-0.3, -0.25) is 0 Å². The van der Waals surface area contributed by atoms with Crippen LogP contribution in [-0.4, -0.2) is 11.5 Å². The van der Waals surface area contributed by atoms with Crippen LogP contribution in [0.25, 0.3) is 0 Å². The maximum Gasteiger partial charge on any atom is 0.127 e. The first-order valence-electron chi connectivity index (χ1n) is 5.61. The number of pyridine rings is 1. The number of halogens is 2. The summed E-state index contributed by atoms with van der Waals surface area (Å²) in [7, 11) is 0. The molecule has 2 rings (SSSR count). The van der Waals surface area contributed by atoms with Gasteiger partial charge >= 0.3 is 0 Å². The molecular formula is C13H13Br2N3. The Hall–Kier alpha value is -1.07. The molecule has 1 heterocycles. The van der Waals surface area contributed by atoms with Gasteiger partial charge in [-0.15, -0.1) is 0 Å². The van der Waals surface area contributed by atoms with E-state index in [0.717, 1.165) is 32.7 Å². The number of rotatable bonds is 4. The van der Waals surface area contributed by atoms with Crippen LogP contribution in [0.15, 0.2) is 45.5 Å². The second-order valence-corrected chi connectivity index (χ2v) is 5.48. The van der Waals surface area contributed by atoms with Gasteiger partial charge in [0.15, 0.2) is 0 Å². The van der Waals surface area contributed by atoms with E-state index in [9.17, 15) is 0 Å². The quantitative estimate of drug-likeness (QED) is 0.812. The molecule has 0 atom stereocenters. The monoisotopic (exact) mass is 369 g/mol. The molecule has 0 bridgehead atoms. The molecule has 1 aromatic heterocycles.